The molecule has 0 aliphatic carbocycles. The molecule has 1 aromatic heterocycles. The fourth-order valence-corrected chi connectivity index (χ4v) is 6.85. The Labute approximate surface area is 340 Å². The number of aliphatic carboxylic acids is 2. The predicted molar refractivity (Wildman–Crippen MR) is 199 cm³/mol. The molecule has 20 heteroatoms. The van der Waals surface area contributed by atoms with Crippen molar-refractivity contribution < 1.29 is 91.8 Å². The summed E-state index contributed by atoms with van der Waals surface area (Å²) in [5.74, 6) is -9.31. The second-order valence-electron chi connectivity index (χ2n) is 14.4. The van der Waals surface area contributed by atoms with Crippen LogP contribution in [-0.4, -0.2) is 138 Å². The third-order valence-electron chi connectivity index (χ3n) is 10.1. The van der Waals surface area contributed by atoms with Gasteiger partial charge in [-0.15, -0.1) is 24.7 Å². The minimum atomic E-state index is -3.71. The number of aliphatic hydroxyl groups excluding tert-OH is 6. The first-order valence-corrected chi connectivity index (χ1v) is 18.6. The smallest absolute Gasteiger partial charge is 0.380 e. The average Bonchev–Trinajstić information content (AvgIpc) is 3.20. The molecule has 0 spiro atoms. The van der Waals surface area contributed by atoms with Crippen molar-refractivity contribution in [1.29, 1.82) is 0 Å². The first kappa shape index (κ1) is 49.5. The van der Waals surface area contributed by atoms with Crippen molar-refractivity contribution in [2.24, 2.45) is 11.8 Å². The van der Waals surface area contributed by atoms with Crippen LogP contribution in [0.15, 0.2) is 33.5 Å². The summed E-state index contributed by atoms with van der Waals surface area (Å²) in [6.45, 7) is -0.143. The molecular weight excluding hydrogens is 809 g/mol. The fraction of sp³-hybridized carbons (Fsp3) is 0.575. The van der Waals surface area contributed by atoms with E-state index in [0.717, 1.165) is 0 Å². The largest absolute Gasteiger partial charge is 0.477 e. The third-order valence-corrected chi connectivity index (χ3v) is 10.1. The number of fused-ring (bicyclic) bond motifs is 1. The summed E-state index contributed by atoms with van der Waals surface area (Å²) >= 11 is 0. The van der Waals surface area contributed by atoms with Crippen LogP contribution >= 0.6 is 0 Å². The van der Waals surface area contributed by atoms with Gasteiger partial charge in [0.1, 0.15) is 47.3 Å². The number of halogens is 3. The van der Waals surface area contributed by atoms with Gasteiger partial charge in [0.25, 0.3) is 0 Å². The van der Waals surface area contributed by atoms with Crippen molar-refractivity contribution >= 4 is 34.5 Å². The molecule has 8 unspecified atom stereocenters. The van der Waals surface area contributed by atoms with E-state index in [0.29, 0.717) is 10.9 Å². The summed E-state index contributed by atoms with van der Waals surface area (Å²) in [6, 6.07) is 5.30. The number of Topliss-reactive ketones (excluding diaryl/α,β-unsaturated/α-hetero) is 2. The molecule has 0 amide bonds. The van der Waals surface area contributed by atoms with Crippen LogP contribution in [0.1, 0.15) is 56.9 Å². The average molecular weight is 857 g/mol. The first-order valence-electron chi connectivity index (χ1n) is 18.6. The van der Waals surface area contributed by atoms with Gasteiger partial charge in [-0.25, -0.2) is 23.2 Å². The molecule has 17 nitrogen and oxygen atoms in total. The van der Waals surface area contributed by atoms with Gasteiger partial charge in [-0.1, -0.05) is 0 Å². The Morgan fingerprint density at radius 1 is 0.833 bits per heavy atom. The van der Waals surface area contributed by atoms with E-state index < -0.39 is 122 Å². The number of terminal acetylenes is 2. The molecule has 60 heavy (non-hydrogen) atoms. The van der Waals surface area contributed by atoms with Crippen molar-refractivity contribution in [3.63, 3.8) is 0 Å². The van der Waals surface area contributed by atoms with E-state index in [-0.39, 0.29) is 55.6 Å². The van der Waals surface area contributed by atoms with E-state index in [1.54, 1.807) is 6.92 Å². The third kappa shape index (κ3) is 11.7. The Morgan fingerprint density at radius 2 is 1.33 bits per heavy atom. The van der Waals surface area contributed by atoms with Crippen molar-refractivity contribution in [2.45, 2.75) is 119 Å². The minimum absolute atomic E-state index is 0.0163. The SMILES string of the molecule is C#CCCC(=O)CC1CC(F)C(F)(C(=O)O)OC1[C@H](O)[C@H](O)CO.C#CCCC(=O)CC1CC(F)C(Oc2ccc3c(C)cc(=O)oc3c2)(C(=O)O)OC1[C@H](O)[C@H](O)CO. The highest BCUT2D eigenvalue weighted by Crippen LogP contribution is 2.42. The van der Waals surface area contributed by atoms with Crippen LogP contribution in [0.4, 0.5) is 13.2 Å². The molecule has 0 radical (unpaired) electrons. The quantitative estimate of drug-likeness (QED) is 0.0755. The molecule has 2 saturated heterocycles. The number of ketones is 2. The van der Waals surface area contributed by atoms with Crippen LogP contribution in [0.2, 0.25) is 0 Å². The molecule has 1 aromatic carbocycles. The Balaban J connectivity index is 0.000000349. The molecule has 0 bridgehead atoms. The number of carboxylic acids is 2. The highest BCUT2D eigenvalue weighted by molar-refractivity contribution is 5.82. The van der Waals surface area contributed by atoms with Gasteiger partial charge in [0.15, 0.2) is 12.3 Å². The Kier molecular flexibility index (Phi) is 17.8. The number of ether oxygens (including phenoxy) is 3. The van der Waals surface area contributed by atoms with Gasteiger partial charge < -0.3 is 59.5 Å². The Hall–Kier alpha value is -4.90. The van der Waals surface area contributed by atoms with Gasteiger partial charge in [-0.05, 0) is 49.3 Å². The Morgan fingerprint density at radius 3 is 1.80 bits per heavy atom. The van der Waals surface area contributed by atoms with Gasteiger partial charge in [0.05, 0.1) is 25.4 Å². The van der Waals surface area contributed by atoms with Gasteiger partial charge in [-0.2, -0.15) is 4.39 Å². The molecule has 0 saturated carbocycles. The van der Waals surface area contributed by atoms with Crippen molar-refractivity contribution in [3.05, 3.63) is 40.2 Å². The number of hydrogen-bond acceptors (Lipinski definition) is 15. The lowest BCUT2D eigenvalue weighted by Crippen LogP contribution is -2.64. The number of carboxylic acid groups (broad SMARTS) is 2. The monoisotopic (exact) mass is 856 g/mol. The van der Waals surface area contributed by atoms with Crippen LogP contribution in [0.25, 0.3) is 11.0 Å². The van der Waals surface area contributed by atoms with Crippen molar-refractivity contribution in [1.82, 2.24) is 0 Å². The number of carbonyl (C=O) groups is 4. The number of alkyl halides is 3. The highest BCUT2D eigenvalue weighted by atomic mass is 19.2. The molecule has 330 valence electrons. The van der Waals surface area contributed by atoms with E-state index in [2.05, 4.69) is 16.6 Å². The second kappa shape index (κ2) is 21.6. The zero-order valence-corrected chi connectivity index (χ0v) is 32.2. The molecule has 2 aromatic rings. The minimum Gasteiger partial charge on any atom is -0.477 e. The summed E-state index contributed by atoms with van der Waals surface area (Å²) in [7, 11) is 0. The number of rotatable bonds is 18. The summed E-state index contributed by atoms with van der Waals surface area (Å²) in [5, 5.41) is 77.5. The van der Waals surface area contributed by atoms with Gasteiger partial charge >= 0.3 is 29.2 Å². The molecule has 2 aliphatic heterocycles. The standard InChI is InChI=1S/C25H27FO10.C15H20F2O7/c1-3-4-5-15(28)9-14-10-20(26)25(24(32)33,36-23(14)22(31)18(29)12-27)35-16-6-7-17-13(2)8-21(30)34-19(17)11-16;1-2-3-4-9(19)5-8-6-11(16)15(17,14(22)23)24-13(8)12(21)10(20)7-18/h1,6-8,11,14,18,20,22-23,27,29,31H,4-5,9-10,12H2,2H3,(H,32,33);1,8,10-13,18,20-21H,3-7H2,(H,22,23)/t14?,18-,20?,22-,23?,25?;8?,10-,11?,12-,13?,15?/m11/s1. The summed E-state index contributed by atoms with van der Waals surface area (Å²) in [4.78, 5) is 59.1. The topological polar surface area (TPSA) is 288 Å². The van der Waals surface area contributed by atoms with Crippen LogP contribution in [0.3, 0.4) is 0 Å². The zero-order chi connectivity index (χ0) is 45.1. The van der Waals surface area contributed by atoms with E-state index >= 15 is 4.39 Å². The van der Waals surface area contributed by atoms with Gasteiger partial charge in [-0.3, -0.25) is 9.59 Å². The Bertz CT molecular complexity index is 1980. The van der Waals surface area contributed by atoms with Gasteiger partial charge in [0.2, 0.25) is 0 Å². The normalized spacial score (nSPS) is 28.4. The van der Waals surface area contributed by atoms with E-state index in [4.69, 9.17) is 37.0 Å². The van der Waals surface area contributed by atoms with Crippen LogP contribution in [0.5, 0.6) is 5.75 Å². The van der Waals surface area contributed by atoms with E-state index in [1.807, 2.05) is 0 Å². The summed E-state index contributed by atoms with van der Waals surface area (Å²) in [6.07, 6.45) is -6.93. The lowest BCUT2D eigenvalue weighted by molar-refractivity contribution is -0.297. The van der Waals surface area contributed by atoms with E-state index in [1.165, 1.54) is 24.3 Å². The lowest BCUT2D eigenvalue weighted by atomic mass is 9.81. The fourth-order valence-electron chi connectivity index (χ4n) is 6.85. The number of carbonyl (C=O) groups excluding carboxylic acids is 2. The van der Waals surface area contributed by atoms with Crippen LogP contribution in [0, 0.1) is 43.4 Å². The maximum atomic E-state index is 15.5. The van der Waals surface area contributed by atoms with Gasteiger partial charge in [0, 0.05) is 56.0 Å². The zero-order valence-electron chi connectivity index (χ0n) is 32.2. The summed E-state index contributed by atoms with van der Waals surface area (Å²) < 4.78 is 64.4. The number of aliphatic hydroxyl groups is 6. The molecule has 2 aliphatic rings. The maximum Gasteiger partial charge on any atom is 0.380 e. The summed E-state index contributed by atoms with van der Waals surface area (Å²) in [5.41, 5.74) is 0.00555. The second-order valence-corrected chi connectivity index (χ2v) is 14.4. The number of aryl methyl sites for hydroxylation is 1. The molecule has 4 rings (SSSR count). The first-order chi connectivity index (χ1) is 28.2. The van der Waals surface area contributed by atoms with E-state index in [9.17, 15) is 63.4 Å². The molecule has 2 fully saturated rings. The van der Waals surface area contributed by atoms with Crippen LogP contribution in [-0.2, 0) is 28.7 Å². The maximum absolute atomic E-state index is 15.5. The molecule has 8 N–H and O–H groups in total. The predicted octanol–water partition coefficient (Wildman–Crippen LogP) is 0.658. The highest BCUT2D eigenvalue weighted by Gasteiger charge is 2.60. The molecule has 12 atom stereocenters. The molecule has 3 heterocycles. The van der Waals surface area contributed by atoms with Crippen molar-refractivity contribution in [2.75, 3.05) is 13.2 Å². The van der Waals surface area contributed by atoms with Crippen LogP contribution < -0.4 is 10.4 Å². The number of benzene rings is 1. The lowest BCUT2D eigenvalue weighted by Gasteiger charge is -2.45. The number of hydrogen-bond donors (Lipinski definition) is 8. The molecular formula is C40H47F3O17. The van der Waals surface area contributed by atoms with Crippen molar-refractivity contribution in [3.8, 4) is 30.4 Å².